The van der Waals surface area contributed by atoms with E-state index in [4.69, 9.17) is 23.2 Å². The van der Waals surface area contributed by atoms with Crippen molar-refractivity contribution in [2.45, 2.75) is 18.9 Å². The van der Waals surface area contributed by atoms with Crippen molar-refractivity contribution in [3.63, 3.8) is 0 Å². The van der Waals surface area contributed by atoms with Crippen molar-refractivity contribution in [3.8, 4) is 0 Å². The van der Waals surface area contributed by atoms with E-state index in [1.165, 1.54) is 12.1 Å². The second-order valence-corrected chi connectivity index (χ2v) is 6.32. The summed E-state index contributed by atoms with van der Waals surface area (Å²) < 4.78 is 14.6. The van der Waals surface area contributed by atoms with Crippen LogP contribution in [0, 0.1) is 11.7 Å². The number of hydrogen-bond acceptors (Lipinski definition) is 1. The molecule has 1 aromatic carbocycles. The van der Waals surface area contributed by atoms with Gasteiger partial charge in [0.25, 0.3) is 0 Å². The van der Waals surface area contributed by atoms with Crippen molar-refractivity contribution in [1.82, 2.24) is 9.88 Å². The van der Waals surface area contributed by atoms with E-state index < -0.39 is 0 Å². The molecule has 0 bridgehead atoms. The van der Waals surface area contributed by atoms with E-state index in [2.05, 4.69) is 5.32 Å². The van der Waals surface area contributed by atoms with Crippen molar-refractivity contribution in [2.24, 2.45) is 13.0 Å². The summed E-state index contributed by atoms with van der Waals surface area (Å²) in [7, 11) is 1.80. The van der Waals surface area contributed by atoms with E-state index in [1.54, 1.807) is 29.8 Å². The van der Waals surface area contributed by atoms with Gasteiger partial charge in [-0.2, -0.15) is 0 Å². The van der Waals surface area contributed by atoms with Crippen molar-refractivity contribution >= 4 is 29.1 Å². The minimum absolute atomic E-state index is 0.00256. The van der Waals surface area contributed by atoms with Crippen LogP contribution >= 0.6 is 23.2 Å². The Hall–Kier alpha value is -1.52. The average Bonchev–Trinajstić information content (AvgIpc) is 3.26. The van der Waals surface area contributed by atoms with Gasteiger partial charge >= 0.3 is 0 Å². The maximum Gasteiger partial charge on any atom is 0.224 e. The van der Waals surface area contributed by atoms with Crippen LogP contribution in [-0.4, -0.2) is 10.5 Å². The van der Waals surface area contributed by atoms with Crippen LogP contribution in [0.25, 0.3) is 0 Å². The number of rotatable bonds is 4. The zero-order chi connectivity index (χ0) is 15.9. The minimum Gasteiger partial charge on any atom is -0.350 e. The van der Waals surface area contributed by atoms with E-state index in [1.807, 2.05) is 0 Å². The SMILES string of the molecule is Cn1c(CNC(=O)[C@H]2C[C@H]2c2ccc(F)cc2)cc(Cl)c1Cl. The number of nitrogens with zero attached hydrogens (tertiary/aromatic N) is 1. The highest BCUT2D eigenvalue weighted by Crippen LogP contribution is 2.47. The van der Waals surface area contributed by atoms with Crippen LogP contribution in [0.1, 0.15) is 23.6 Å². The average molecular weight is 341 g/mol. The van der Waals surface area contributed by atoms with E-state index in [-0.39, 0.29) is 23.6 Å². The summed E-state index contributed by atoms with van der Waals surface area (Å²) in [6, 6.07) is 8.08. The Bertz CT molecular complexity index is 712. The molecule has 3 nitrogen and oxygen atoms in total. The molecule has 1 aliphatic carbocycles. The van der Waals surface area contributed by atoms with Gasteiger partial charge in [-0.15, -0.1) is 0 Å². The van der Waals surface area contributed by atoms with E-state index >= 15 is 0 Å². The maximum absolute atomic E-state index is 12.9. The van der Waals surface area contributed by atoms with Crippen LogP contribution in [0.15, 0.2) is 30.3 Å². The van der Waals surface area contributed by atoms with Crippen LogP contribution in [0.3, 0.4) is 0 Å². The normalized spacial score (nSPS) is 20.0. The largest absolute Gasteiger partial charge is 0.350 e. The number of halogens is 3. The third-order valence-electron chi connectivity index (χ3n) is 4.08. The molecule has 0 unspecified atom stereocenters. The first-order valence-corrected chi connectivity index (χ1v) is 7.75. The van der Waals surface area contributed by atoms with Crippen LogP contribution < -0.4 is 5.32 Å². The summed E-state index contributed by atoms with van der Waals surface area (Å²) in [5, 5.41) is 3.84. The van der Waals surface area contributed by atoms with Gasteiger partial charge in [0, 0.05) is 18.7 Å². The summed E-state index contributed by atoms with van der Waals surface area (Å²) in [6.45, 7) is 0.383. The van der Waals surface area contributed by atoms with Crippen LogP contribution in [0.2, 0.25) is 10.2 Å². The highest BCUT2D eigenvalue weighted by Gasteiger charge is 2.43. The van der Waals surface area contributed by atoms with Crippen molar-refractivity contribution in [3.05, 3.63) is 57.6 Å². The Morgan fingerprint density at radius 1 is 1.36 bits per heavy atom. The smallest absolute Gasteiger partial charge is 0.224 e. The second-order valence-electron chi connectivity index (χ2n) is 5.55. The second kappa shape index (κ2) is 5.94. The number of carbonyl (C=O) groups is 1. The van der Waals surface area contributed by atoms with Gasteiger partial charge in [0.2, 0.25) is 5.91 Å². The van der Waals surface area contributed by atoms with Crippen LogP contribution in [0.4, 0.5) is 4.39 Å². The summed E-state index contributed by atoms with van der Waals surface area (Å²) >= 11 is 11.9. The lowest BCUT2D eigenvalue weighted by Gasteiger charge is -2.07. The van der Waals surface area contributed by atoms with Crippen molar-refractivity contribution in [1.29, 1.82) is 0 Å². The molecule has 1 amide bonds. The Labute approximate surface area is 138 Å². The van der Waals surface area contributed by atoms with Gasteiger partial charge in [-0.1, -0.05) is 35.3 Å². The monoisotopic (exact) mass is 340 g/mol. The maximum atomic E-state index is 12.9. The van der Waals surface area contributed by atoms with Gasteiger partial charge in [-0.05, 0) is 36.1 Å². The van der Waals surface area contributed by atoms with Crippen LogP contribution in [-0.2, 0) is 18.4 Å². The van der Waals surface area contributed by atoms with Crippen molar-refractivity contribution in [2.75, 3.05) is 0 Å². The molecule has 6 heteroatoms. The van der Waals surface area contributed by atoms with Gasteiger partial charge in [0.15, 0.2) is 0 Å². The minimum atomic E-state index is -0.261. The topological polar surface area (TPSA) is 34.0 Å². The fourth-order valence-electron chi connectivity index (χ4n) is 2.63. The van der Waals surface area contributed by atoms with E-state index in [9.17, 15) is 9.18 Å². The zero-order valence-corrected chi connectivity index (χ0v) is 13.5. The Morgan fingerprint density at radius 2 is 2.05 bits per heavy atom. The number of benzene rings is 1. The highest BCUT2D eigenvalue weighted by atomic mass is 35.5. The molecule has 1 saturated carbocycles. The predicted octanol–water partition coefficient (Wildman–Crippen LogP) is 3.89. The van der Waals surface area contributed by atoms with Gasteiger partial charge in [-0.25, -0.2) is 4.39 Å². The molecule has 1 N–H and O–H groups in total. The lowest BCUT2D eigenvalue weighted by atomic mass is 10.1. The molecule has 116 valence electrons. The fraction of sp³-hybridized carbons (Fsp3) is 0.312. The third-order valence-corrected chi connectivity index (χ3v) is 4.93. The summed E-state index contributed by atoms with van der Waals surface area (Å²) in [6.07, 6.45) is 0.798. The quantitative estimate of drug-likeness (QED) is 0.899. The number of carbonyl (C=O) groups excluding carboxylic acids is 1. The molecule has 2 aromatic rings. The first-order chi connectivity index (χ1) is 10.5. The predicted molar refractivity (Wildman–Crippen MR) is 84.5 cm³/mol. The lowest BCUT2D eigenvalue weighted by molar-refractivity contribution is -0.122. The number of amides is 1. The molecule has 0 spiro atoms. The fourth-order valence-corrected chi connectivity index (χ4v) is 3.05. The van der Waals surface area contributed by atoms with Gasteiger partial charge in [-0.3, -0.25) is 4.79 Å². The summed E-state index contributed by atoms with van der Waals surface area (Å²) in [5.74, 6) is -0.122. The Morgan fingerprint density at radius 3 is 2.64 bits per heavy atom. The zero-order valence-electron chi connectivity index (χ0n) is 11.9. The molecular weight excluding hydrogens is 326 g/mol. The molecule has 1 aliphatic rings. The number of aromatic nitrogens is 1. The molecule has 0 saturated heterocycles. The summed E-state index contributed by atoms with van der Waals surface area (Å²) in [4.78, 5) is 12.2. The van der Waals surface area contributed by atoms with Crippen molar-refractivity contribution < 1.29 is 9.18 Å². The number of hydrogen-bond donors (Lipinski definition) is 1. The Balaban J connectivity index is 1.57. The molecular formula is C16H15Cl2FN2O. The van der Waals surface area contributed by atoms with Gasteiger partial charge in [0.1, 0.15) is 11.0 Å². The standard InChI is InChI=1S/C16H15Cl2FN2O/c1-21-11(6-14(17)15(21)18)8-20-16(22)13-7-12(13)9-2-4-10(19)5-3-9/h2-6,12-13H,7-8H2,1H3,(H,20,22)/t12-,13-/m0/s1. The van der Waals surface area contributed by atoms with E-state index in [0.717, 1.165) is 17.7 Å². The molecule has 2 atom stereocenters. The molecule has 1 aromatic heterocycles. The first-order valence-electron chi connectivity index (χ1n) is 7.00. The van der Waals surface area contributed by atoms with Crippen LogP contribution in [0.5, 0.6) is 0 Å². The molecule has 0 radical (unpaired) electrons. The molecule has 0 aliphatic heterocycles. The highest BCUT2D eigenvalue weighted by molar-refractivity contribution is 6.41. The lowest BCUT2D eigenvalue weighted by Crippen LogP contribution is -2.25. The molecule has 3 rings (SSSR count). The summed E-state index contributed by atoms with van der Waals surface area (Å²) in [5.41, 5.74) is 1.86. The van der Waals surface area contributed by atoms with Gasteiger partial charge < -0.3 is 9.88 Å². The molecule has 1 fully saturated rings. The van der Waals surface area contributed by atoms with Gasteiger partial charge in [0.05, 0.1) is 11.6 Å². The van der Waals surface area contributed by atoms with E-state index in [0.29, 0.717) is 16.7 Å². The third kappa shape index (κ3) is 2.99. The Kier molecular flexibility index (Phi) is 4.15. The molecule has 1 heterocycles. The molecule has 22 heavy (non-hydrogen) atoms. The number of nitrogens with one attached hydrogen (secondary N) is 1. The first kappa shape index (κ1) is 15.4.